The Kier molecular flexibility index (Phi) is 7.70. The summed E-state index contributed by atoms with van der Waals surface area (Å²) in [4.78, 5) is 27.2. The molecule has 0 saturated carbocycles. The van der Waals surface area contributed by atoms with Gasteiger partial charge < -0.3 is 15.0 Å². The van der Waals surface area contributed by atoms with Gasteiger partial charge in [0.05, 0.1) is 13.2 Å². The summed E-state index contributed by atoms with van der Waals surface area (Å²) in [5.41, 5.74) is 3.13. The maximum absolute atomic E-state index is 12.8. The number of benzene rings is 1. The van der Waals surface area contributed by atoms with Gasteiger partial charge in [0.1, 0.15) is 0 Å². The van der Waals surface area contributed by atoms with Crippen LogP contribution in [0.1, 0.15) is 49.5 Å². The van der Waals surface area contributed by atoms with Crippen molar-refractivity contribution < 1.29 is 14.3 Å². The highest BCUT2D eigenvalue weighted by molar-refractivity contribution is 5.94. The van der Waals surface area contributed by atoms with Gasteiger partial charge in [-0.2, -0.15) is 0 Å². The second-order valence-corrected chi connectivity index (χ2v) is 9.19. The van der Waals surface area contributed by atoms with Gasteiger partial charge in [-0.3, -0.25) is 9.59 Å². The number of carbonyl (C=O) groups excluding carboxylic acids is 2. The van der Waals surface area contributed by atoms with E-state index in [1.807, 2.05) is 36.1 Å². The fourth-order valence-corrected chi connectivity index (χ4v) is 4.68. The van der Waals surface area contributed by atoms with E-state index in [2.05, 4.69) is 32.2 Å². The molecular weight excluding hydrogens is 376 g/mol. The number of allylic oxidation sites excluding steroid dienone is 1. The minimum absolute atomic E-state index is 0.0202. The topological polar surface area (TPSA) is 58.6 Å². The van der Waals surface area contributed by atoms with E-state index in [0.717, 1.165) is 12.0 Å². The standard InChI is InChI=1S/C25H36N2O3/c1-17(2)23-14-21(15-24(28)27-9-11-30-12-10-27)19(4)13-22(23)16-26-25(29)20-7-5-18(3)6-8-20/h5-8,13,17,21-23H,9-12,14-16H2,1-4H3,(H,26,29). The Balaban J connectivity index is 1.62. The summed E-state index contributed by atoms with van der Waals surface area (Å²) in [7, 11) is 0. The minimum Gasteiger partial charge on any atom is -0.378 e. The van der Waals surface area contributed by atoms with Crippen molar-refractivity contribution in [3.8, 4) is 0 Å². The summed E-state index contributed by atoms with van der Waals surface area (Å²) in [5, 5.41) is 3.13. The summed E-state index contributed by atoms with van der Waals surface area (Å²) in [6, 6.07) is 7.68. The number of hydrogen-bond donors (Lipinski definition) is 1. The summed E-state index contributed by atoms with van der Waals surface area (Å²) >= 11 is 0. The molecule has 1 N–H and O–H groups in total. The van der Waals surface area contributed by atoms with E-state index in [1.54, 1.807) is 0 Å². The van der Waals surface area contributed by atoms with Crippen molar-refractivity contribution in [2.45, 2.75) is 40.5 Å². The van der Waals surface area contributed by atoms with Crippen LogP contribution in [-0.4, -0.2) is 49.6 Å². The first-order valence-corrected chi connectivity index (χ1v) is 11.2. The van der Waals surface area contributed by atoms with E-state index in [1.165, 1.54) is 5.57 Å². The fraction of sp³-hybridized carbons (Fsp3) is 0.600. The van der Waals surface area contributed by atoms with Crippen LogP contribution in [0.5, 0.6) is 0 Å². The molecule has 5 nitrogen and oxygen atoms in total. The Morgan fingerprint density at radius 2 is 1.80 bits per heavy atom. The van der Waals surface area contributed by atoms with Crippen LogP contribution in [0.25, 0.3) is 0 Å². The zero-order chi connectivity index (χ0) is 21.7. The molecule has 1 saturated heterocycles. The van der Waals surface area contributed by atoms with Crippen LogP contribution in [0.3, 0.4) is 0 Å². The van der Waals surface area contributed by atoms with Crippen molar-refractivity contribution >= 4 is 11.8 Å². The summed E-state index contributed by atoms with van der Waals surface area (Å²) in [6.07, 6.45) is 3.88. The smallest absolute Gasteiger partial charge is 0.251 e. The lowest BCUT2D eigenvalue weighted by molar-refractivity contribution is -0.136. The highest BCUT2D eigenvalue weighted by Crippen LogP contribution is 2.39. The van der Waals surface area contributed by atoms with Gasteiger partial charge >= 0.3 is 0 Å². The second-order valence-electron chi connectivity index (χ2n) is 9.19. The SMILES string of the molecule is CC1=CC(CNC(=O)c2ccc(C)cc2)C(C(C)C)CC1CC(=O)N1CCOCC1. The molecule has 1 aliphatic heterocycles. The predicted molar refractivity (Wildman–Crippen MR) is 119 cm³/mol. The number of nitrogens with one attached hydrogen (secondary N) is 1. The molecule has 3 rings (SSSR count). The number of ether oxygens (including phenoxy) is 1. The number of rotatable bonds is 6. The lowest BCUT2D eigenvalue weighted by atomic mass is 9.69. The highest BCUT2D eigenvalue weighted by Gasteiger charge is 2.33. The van der Waals surface area contributed by atoms with E-state index in [4.69, 9.17) is 4.74 Å². The molecule has 2 amide bonds. The number of nitrogens with zero attached hydrogens (tertiary/aromatic N) is 1. The fourth-order valence-electron chi connectivity index (χ4n) is 4.68. The maximum Gasteiger partial charge on any atom is 0.251 e. The molecule has 0 spiro atoms. The van der Waals surface area contributed by atoms with Crippen LogP contribution < -0.4 is 5.32 Å². The molecule has 0 bridgehead atoms. The molecule has 164 valence electrons. The van der Waals surface area contributed by atoms with Gasteiger partial charge in [0.25, 0.3) is 5.91 Å². The molecule has 1 heterocycles. The zero-order valence-corrected chi connectivity index (χ0v) is 18.8. The Labute approximate surface area is 180 Å². The summed E-state index contributed by atoms with van der Waals surface area (Å²) < 4.78 is 5.37. The average Bonchev–Trinajstić information content (AvgIpc) is 2.74. The number of hydrogen-bond acceptors (Lipinski definition) is 3. The Morgan fingerprint density at radius 3 is 2.43 bits per heavy atom. The first-order chi connectivity index (χ1) is 14.3. The Hall–Kier alpha value is -2.14. The molecule has 3 atom stereocenters. The van der Waals surface area contributed by atoms with E-state index >= 15 is 0 Å². The second kappa shape index (κ2) is 10.3. The number of aryl methyl sites for hydroxylation is 1. The van der Waals surface area contributed by atoms with Gasteiger partial charge in [-0.1, -0.05) is 43.2 Å². The number of amides is 2. The average molecular weight is 413 g/mol. The maximum atomic E-state index is 12.8. The van der Waals surface area contributed by atoms with Crippen LogP contribution in [0.4, 0.5) is 0 Å². The molecular formula is C25H36N2O3. The third kappa shape index (κ3) is 5.72. The monoisotopic (exact) mass is 412 g/mol. The number of carbonyl (C=O) groups is 2. The van der Waals surface area contributed by atoms with Crippen LogP contribution in [-0.2, 0) is 9.53 Å². The normalized spacial score (nSPS) is 24.5. The molecule has 2 aliphatic rings. The van der Waals surface area contributed by atoms with E-state index < -0.39 is 0 Å². The first-order valence-electron chi connectivity index (χ1n) is 11.2. The van der Waals surface area contributed by atoms with Crippen molar-refractivity contribution in [1.29, 1.82) is 0 Å². The third-order valence-electron chi connectivity index (χ3n) is 6.68. The lowest BCUT2D eigenvalue weighted by Gasteiger charge is -2.38. The third-order valence-corrected chi connectivity index (χ3v) is 6.68. The zero-order valence-electron chi connectivity index (χ0n) is 18.8. The van der Waals surface area contributed by atoms with E-state index in [0.29, 0.717) is 62.6 Å². The molecule has 0 radical (unpaired) electrons. The minimum atomic E-state index is -0.0202. The lowest BCUT2D eigenvalue weighted by Crippen LogP contribution is -2.42. The van der Waals surface area contributed by atoms with Gasteiger partial charge in [0, 0.05) is 31.6 Å². The van der Waals surface area contributed by atoms with Gasteiger partial charge in [-0.15, -0.1) is 0 Å². The van der Waals surface area contributed by atoms with Gasteiger partial charge in [0.15, 0.2) is 0 Å². The summed E-state index contributed by atoms with van der Waals surface area (Å²) in [5.74, 6) is 1.76. The van der Waals surface area contributed by atoms with Gasteiger partial charge in [-0.25, -0.2) is 0 Å². The van der Waals surface area contributed by atoms with Crippen molar-refractivity contribution in [1.82, 2.24) is 10.2 Å². The van der Waals surface area contributed by atoms with Gasteiger partial charge in [-0.05, 0) is 56.1 Å². The molecule has 5 heteroatoms. The highest BCUT2D eigenvalue weighted by atomic mass is 16.5. The van der Waals surface area contributed by atoms with E-state index in [9.17, 15) is 9.59 Å². The van der Waals surface area contributed by atoms with Crippen LogP contribution in [0, 0.1) is 30.6 Å². The summed E-state index contributed by atoms with van der Waals surface area (Å²) in [6.45, 7) is 12.0. The molecule has 1 aromatic rings. The van der Waals surface area contributed by atoms with Crippen molar-refractivity contribution in [2.75, 3.05) is 32.8 Å². The molecule has 3 unspecified atom stereocenters. The molecule has 1 aromatic carbocycles. The van der Waals surface area contributed by atoms with Crippen LogP contribution >= 0.6 is 0 Å². The van der Waals surface area contributed by atoms with E-state index in [-0.39, 0.29) is 17.7 Å². The Bertz CT molecular complexity index is 763. The van der Waals surface area contributed by atoms with Crippen molar-refractivity contribution in [3.63, 3.8) is 0 Å². The quantitative estimate of drug-likeness (QED) is 0.723. The predicted octanol–water partition coefficient (Wildman–Crippen LogP) is 3.83. The van der Waals surface area contributed by atoms with Gasteiger partial charge in [0.2, 0.25) is 5.91 Å². The van der Waals surface area contributed by atoms with Crippen LogP contribution in [0.15, 0.2) is 35.9 Å². The van der Waals surface area contributed by atoms with Crippen molar-refractivity contribution in [3.05, 3.63) is 47.0 Å². The molecule has 30 heavy (non-hydrogen) atoms. The first kappa shape index (κ1) is 22.5. The largest absolute Gasteiger partial charge is 0.378 e. The number of morpholine rings is 1. The Morgan fingerprint density at radius 1 is 1.13 bits per heavy atom. The van der Waals surface area contributed by atoms with Crippen LogP contribution in [0.2, 0.25) is 0 Å². The van der Waals surface area contributed by atoms with Crippen molar-refractivity contribution in [2.24, 2.45) is 23.7 Å². The molecule has 1 aliphatic carbocycles. The molecule has 1 fully saturated rings. The molecule has 0 aromatic heterocycles.